The molecule has 0 radical (unpaired) electrons. The summed E-state index contributed by atoms with van der Waals surface area (Å²) < 4.78 is 5.83. The lowest BCUT2D eigenvalue weighted by molar-refractivity contribution is 0.0636. The Morgan fingerprint density at radius 2 is 1.96 bits per heavy atom. The first-order valence-electron chi connectivity index (χ1n) is 8.98. The van der Waals surface area contributed by atoms with Gasteiger partial charge in [0.15, 0.2) is 0 Å². The fourth-order valence-electron chi connectivity index (χ4n) is 3.17. The van der Waals surface area contributed by atoms with Crippen LogP contribution in [0.5, 0.6) is 11.5 Å². The molecule has 3 rings (SSSR count). The lowest BCUT2D eigenvalue weighted by Gasteiger charge is -2.34. The van der Waals surface area contributed by atoms with Crippen molar-refractivity contribution in [1.29, 1.82) is 0 Å². The second kappa shape index (κ2) is 8.62. The number of hydrogen-bond donors (Lipinski definition) is 1. The molecule has 1 aromatic carbocycles. The Morgan fingerprint density at radius 1 is 1.20 bits per heavy atom. The molecule has 1 aliphatic heterocycles. The molecular weight excluding hydrogens is 314 g/mol. The topological polar surface area (TPSA) is 54.5 Å². The average molecular weight is 339 g/mol. The van der Waals surface area contributed by atoms with Crippen LogP contribution in [0.1, 0.15) is 36.7 Å². The normalized spacial score (nSPS) is 14.9. The van der Waals surface area contributed by atoms with Gasteiger partial charge in [0.1, 0.15) is 17.2 Å². The Morgan fingerprint density at radius 3 is 2.68 bits per heavy atom. The molecule has 0 atom stereocenters. The van der Waals surface area contributed by atoms with Gasteiger partial charge < -0.3 is 15.0 Å². The summed E-state index contributed by atoms with van der Waals surface area (Å²) in [7, 11) is 0. The van der Waals surface area contributed by atoms with Crippen LogP contribution >= 0.6 is 0 Å². The Bertz CT molecular complexity index is 684. The van der Waals surface area contributed by atoms with Crippen LogP contribution in [0.4, 0.5) is 0 Å². The van der Waals surface area contributed by atoms with Gasteiger partial charge in [-0.05, 0) is 50.6 Å². The highest BCUT2D eigenvalue weighted by molar-refractivity contribution is 5.92. The van der Waals surface area contributed by atoms with E-state index < -0.39 is 0 Å². The summed E-state index contributed by atoms with van der Waals surface area (Å²) in [5.74, 6) is 1.37. The third kappa shape index (κ3) is 4.57. The zero-order valence-corrected chi connectivity index (χ0v) is 14.6. The van der Waals surface area contributed by atoms with Crippen LogP contribution in [0.2, 0.25) is 0 Å². The molecule has 1 amide bonds. The van der Waals surface area contributed by atoms with E-state index in [4.69, 9.17) is 4.74 Å². The van der Waals surface area contributed by atoms with Crippen molar-refractivity contribution in [3.05, 3.63) is 54.4 Å². The third-order valence-electron chi connectivity index (χ3n) is 4.40. The molecule has 25 heavy (non-hydrogen) atoms. The minimum Gasteiger partial charge on any atom is -0.457 e. The van der Waals surface area contributed by atoms with E-state index in [1.807, 2.05) is 35.2 Å². The molecule has 1 saturated heterocycles. The molecule has 132 valence electrons. The third-order valence-corrected chi connectivity index (χ3v) is 4.40. The molecule has 1 aromatic heterocycles. The van der Waals surface area contributed by atoms with Gasteiger partial charge in [0.25, 0.3) is 5.91 Å². The van der Waals surface area contributed by atoms with Crippen molar-refractivity contribution in [2.24, 2.45) is 0 Å². The fourth-order valence-corrected chi connectivity index (χ4v) is 3.17. The minimum atomic E-state index is -0.00717. The maximum Gasteiger partial charge on any atom is 0.272 e. The van der Waals surface area contributed by atoms with Crippen molar-refractivity contribution >= 4 is 5.91 Å². The minimum absolute atomic E-state index is 0.00717. The Kier molecular flexibility index (Phi) is 6.01. The molecule has 1 aliphatic rings. The van der Waals surface area contributed by atoms with E-state index in [0.717, 1.165) is 44.6 Å². The largest absolute Gasteiger partial charge is 0.457 e. The van der Waals surface area contributed by atoms with Gasteiger partial charge >= 0.3 is 0 Å². The zero-order valence-electron chi connectivity index (χ0n) is 14.6. The average Bonchev–Trinajstić information content (AvgIpc) is 2.67. The molecule has 0 saturated carbocycles. The van der Waals surface area contributed by atoms with Crippen LogP contribution in [0.3, 0.4) is 0 Å². The molecule has 0 bridgehead atoms. The molecule has 0 unspecified atom stereocenters. The van der Waals surface area contributed by atoms with E-state index in [1.165, 1.54) is 0 Å². The van der Waals surface area contributed by atoms with Crippen molar-refractivity contribution in [1.82, 2.24) is 15.2 Å². The summed E-state index contributed by atoms with van der Waals surface area (Å²) >= 11 is 0. The monoisotopic (exact) mass is 339 g/mol. The van der Waals surface area contributed by atoms with E-state index >= 15 is 0 Å². The lowest BCUT2D eigenvalue weighted by Crippen LogP contribution is -2.46. The first-order chi connectivity index (χ1) is 12.3. The molecule has 5 nitrogen and oxygen atoms in total. The summed E-state index contributed by atoms with van der Waals surface area (Å²) in [6.45, 7) is 4.78. The smallest absolute Gasteiger partial charge is 0.272 e. The van der Waals surface area contributed by atoms with Crippen molar-refractivity contribution in [2.45, 2.75) is 32.2 Å². The number of para-hydroxylation sites is 1. The molecule has 2 aromatic rings. The highest BCUT2D eigenvalue weighted by atomic mass is 16.5. The number of pyridine rings is 1. The van der Waals surface area contributed by atoms with Gasteiger partial charge in [0.2, 0.25) is 0 Å². The quantitative estimate of drug-likeness (QED) is 0.875. The van der Waals surface area contributed by atoms with Crippen LogP contribution in [0, 0.1) is 0 Å². The van der Waals surface area contributed by atoms with Gasteiger partial charge in [-0.3, -0.25) is 9.78 Å². The second-order valence-corrected chi connectivity index (χ2v) is 6.27. The maximum absolute atomic E-state index is 13.0. The molecular formula is C20H25N3O2. The lowest BCUT2D eigenvalue weighted by atomic mass is 10.0. The SMILES string of the molecule is CCCN(C(=O)c1cc(Oc2ccccc2)ccn1)C1CCNCC1. The van der Waals surface area contributed by atoms with E-state index in [1.54, 1.807) is 18.3 Å². The number of benzene rings is 1. The van der Waals surface area contributed by atoms with E-state index in [2.05, 4.69) is 17.2 Å². The molecule has 0 aliphatic carbocycles. The first-order valence-corrected chi connectivity index (χ1v) is 8.98. The van der Waals surface area contributed by atoms with Crippen LogP contribution < -0.4 is 10.1 Å². The molecule has 2 heterocycles. The Balaban J connectivity index is 1.76. The van der Waals surface area contributed by atoms with Gasteiger partial charge in [0.05, 0.1) is 0 Å². The second-order valence-electron chi connectivity index (χ2n) is 6.27. The predicted molar refractivity (Wildman–Crippen MR) is 98.0 cm³/mol. The van der Waals surface area contributed by atoms with Crippen molar-refractivity contribution < 1.29 is 9.53 Å². The fraction of sp³-hybridized carbons (Fsp3) is 0.400. The number of hydrogen-bond acceptors (Lipinski definition) is 4. The number of carbonyl (C=O) groups is 1. The first kappa shape index (κ1) is 17.4. The van der Waals surface area contributed by atoms with Crippen molar-refractivity contribution in [2.75, 3.05) is 19.6 Å². The summed E-state index contributed by atoms with van der Waals surface area (Å²) in [6.07, 6.45) is 4.56. The van der Waals surface area contributed by atoms with Crippen LogP contribution in [-0.2, 0) is 0 Å². The summed E-state index contributed by atoms with van der Waals surface area (Å²) in [5.41, 5.74) is 0.445. The van der Waals surface area contributed by atoms with E-state index in [0.29, 0.717) is 11.4 Å². The maximum atomic E-state index is 13.0. The number of ether oxygens (including phenoxy) is 1. The number of piperidine rings is 1. The number of nitrogens with zero attached hydrogens (tertiary/aromatic N) is 2. The molecule has 1 N–H and O–H groups in total. The summed E-state index contributed by atoms with van der Waals surface area (Å²) in [6, 6.07) is 13.4. The van der Waals surface area contributed by atoms with Gasteiger partial charge in [-0.15, -0.1) is 0 Å². The summed E-state index contributed by atoms with van der Waals surface area (Å²) in [5, 5.41) is 3.35. The number of carbonyl (C=O) groups excluding carboxylic acids is 1. The van der Waals surface area contributed by atoms with E-state index in [-0.39, 0.29) is 11.9 Å². The highest BCUT2D eigenvalue weighted by Crippen LogP contribution is 2.22. The molecule has 1 fully saturated rings. The van der Waals surface area contributed by atoms with Crippen LogP contribution in [-0.4, -0.2) is 41.5 Å². The standard InChI is InChI=1S/C20H25N3O2/c1-2-14-23(16-8-11-21-12-9-16)20(24)19-15-18(10-13-22-19)25-17-6-4-3-5-7-17/h3-7,10,13,15-16,21H,2,8-9,11-12,14H2,1H3. The number of nitrogens with one attached hydrogen (secondary N) is 1. The van der Waals surface area contributed by atoms with Crippen LogP contribution in [0.25, 0.3) is 0 Å². The number of amides is 1. The van der Waals surface area contributed by atoms with Crippen molar-refractivity contribution in [3.63, 3.8) is 0 Å². The van der Waals surface area contributed by atoms with Crippen LogP contribution in [0.15, 0.2) is 48.7 Å². The predicted octanol–water partition coefficient (Wildman–Crippen LogP) is 3.48. The molecule has 5 heteroatoms. The van der Waals surface area contributed by atoms with Gasteiger partial charge in [-0.2, -0.15) is 0 Å². The zero-order chi connectivity index (χ0) is 17.5. The highest BCUT2D eigenvalue weighted by Gasteiger charge is 2.26. The van der Waals surface area contributed by atoms with Gasteiger partial charge in [-0.1, -0.05) is 25.1 Å². The van der Waals surface area contributed by atoms with Gasteiger partial charge in [-0.25, -0.2) is 0 Å². The Hall–Kier alpha value is -2.40. The number of aromatic nitrogens is 1. The van der Waals surface area contributed by atoms with Crippen molar-refractivity contribution in [3.8, 4) is 11.5 Å². The van der Waals surface area contributed by atoms with Gasteiger partial charge in [0, 0.05) is 24.8 Å². The Labute approximate surface area is 149 Å². The molecule has 0 spiro atoms. The summed E-state index contributed by atoms with van der Waals surface area (Å²) in [4.78, 5) is 19.3. The number of rotatable bonds is 6. The van der Waals surface area contributed by atoms with E-state index in [9.17, 15) is 4.79 Å².